The third-order valence-corrected chi connectivity index (χ3v) is 3.73. The first-order valence-electron chi connectivity index (χ1n) is 7.06. The SMILES string of the molecule is COCC(=O)N1CCN([C@@H](c2ccccc2)C(F)(F)F)CC1. The van der Waals surface area contributed by atoms with Crippen molar-refractivity contribution in [1.29, 1.82) is 0 Å². The maximum atomic E-state index is 13.4. The van der Waals surface area contributed by atoms with E-state index in [0.29, 0.717) is 0 Å². The van der Waals surface area contributed by atoms with Gasteiger partial charge < -0.3 is 9.64 Å². The zero-order valence-electron chi connectivity index (χ0n) is 12.3. The number of halogens is 3. The van der Waals surface area contributed by atoms with Gasteiger partial charge in [0, 0.05) is 33.3 Å². The summed E-state index contributed by atoms with van der Waals surface area (Å²) in [6, 6.07) is 6.24. The average Bonchev–Trinajstić information content (AvgIpc) is 2.48. The normalized spacial score (nSPS) is 18.3. The minimum Gasteiger partial charge on any atom is -0.375 e. The lowest BCUT2D eigenvalue weighted by atomic mass is 10.0. The van der Waals surface area contributed by atoms with Crippen LogP contribution >= 0.6 is 0 Å². The highest BCUT2D eigenvalue weighted by atomic mass is 19.4. The molecule has 0 aromatic heterocycles. The molecule has 122 valence electrons. The monoisotopic (exact) mass is 316 g/mol. The van der Waals surface area contributed by atoms with Gasteiger partial charge >= 0.3 is 6.18 Å². The van der Waals surface area contributed by atoms with Crippen LogP contribution in [-0.4, -0.2) is 61.8 Å². The van der Waals surface area contributed by atoms with Crippen LogP contribution in [0.25, 0.3) is 0 Å². The lowest BCUT2D eigenvalue weighted by Crippen LogP contribution is -2.52. The Morgan fingerprint density at radius 1 is 1.18 bits per heavy atom. The molecule has 1 aliphatic heterocycles. The van der Waals surface area contributed by atoms with Crippen molar-refractivity contribution in [2.75, 3.05) is 39.9 Å². The number of alkyl halides is 3. The molecule has 1 aromatic carbocycles. The highest BCUT2D eigenvalue weighted by Crippen LogP contribution is 2.37. The number of methoxy groups -OCH3 is 1. The van der Waals surface area contributed by atoms with Gasteiger partial charge in [-0.3, -0.25) is 9.69 Å². The molecule has 1 aliphatic rings. The molecule has 0 bridgehead atoms. The van der Waals surface area contributed by atoms with E-state index in [4.69, 9.17) is 4.74 Å². The molecular weight excluding hydrogens is 297 g/mol. The average molecular weight is 316 g/mol. The molecular formula is C15H19F3N2O2. The molecule has 0 radical (unpaired) electrons. The Balaban J connectivity index is 2.08. The fourth-order valence-corrected chi connectivity index (χ4v) is 2.69. The quantitative estimate of drug-likeness (QED) is 0.853. The highest BCUT2D eigenvalue weighted by Gasteiger charge is 2.45. The summed E-state index contributed by atoms with van der Waals surface area (Å²) < 4.78 is 45.0. The van der Waals surface area contributed by atoms with Crippen LogP contribution in [0.15, 0.2) is 30.3 Å². The Morgan fingerprint density at radius 2 is 1.77 bits per heavy atom. The molecule has 7 heteroatoms. The van der Waals surface area contributed by atoms with Gasteiger partial charge in [-0.15, -0.1) is 0 Å². The van der Waals surface area contributed by atoms with E-state index in [1.54, 1.807) is 23.1 Å². The lowest BCUT2D eigenvalue weighted by molar-refractivity contribution is -0.190. The first kappa shape index (κ1) is 16.8. The zero-order valence-corrected chi connectivity index (χ0v) is 12.3. The summed E-state index contributed by atoms with van der Waals surface area (Å²) >= 11 is 0. The number of rotatable bonds is 4. The fourth-order valence-electron chi connectivity index (χ4n) is 2.69. The third-order valence-electron chi connectivity index (χ3n) is 3.73. The van der Waals surface area contributed by atoms with Crippen LogP contribution in [0.5, 0.6) is 0 Å². The number of ether oxygens (including phenoxy) is 1. The number of hydrogen-bond donors (Lipinski definition) is 0. The molecule has 1 amide bonds. The van der Waals surface area contributed by atoms with Gasteiger partial charge in [0.05, 0.1) is 0 Å². The molecule has 0 aliphatic carbocycles. The second-order valence-corrected chi connectivity index (χ2v) is 5.20. The number of piperazine rings is 1. The zero-order chi connectivity index (χ0) is 16.2. The Labute approximate surface area is 127 Å². The topological polar surface area (TPSA) is 32.8 Å². The van der Waals surface area contributed by atoms with E-state index >= 15 is 0 Å². The third kappa shape index (κ3) is 3.98. The minimum absolute atomic E-state index is 0.0403. The molecule has 0 spiro atoms. The van der Waals surface area contributed by atoms with Crippen molar-refractivity contribution in [2.24, 2.45) is 0 Å². The molecule has 2 rings (SSSR count). The van der Waals surface area contributed by atoms with Gasteiger partial charge in [-0.25, -0.2) is 0 Å². The van der Waals surface area contributed by atoms with Gasteiger partial charge in [0.15, 0.2) is 0 Å². The van der Waals surface area contributed by atoms with Crippen LogP contribution in [0.4, 0.5) is 13.2 Å². The molecule has 0 saturated carbocycles. The standard InChI is InChI=1S/C15H19F3N2O2/c1-22-11-13(21)19-7-9-20(10-8-19)14(15(16,17)18)12-5-3-2-4-6-12/h2-6,14H,7-11H2,1H3/t14-/m0/s1. The van der Waals surface area contributed by atoms with Crippen LogP contribution in [0.3, 0.4) is 0 Å². The van der Waals surface area contributed by atoms with Crippen LogP contribution in [0.1, 0.15) is 11.6 Å². The van der Waals surface area contributed by atoms with Gasteiger partial charge in [0.2, 0.25) is 5.91 Å². The van der Waals surface area contributed by atoms with E-state index in [-0.39, 0.29) is 44.3 Å². The number of carbonyl (C=O) groups excluding carboxylic acids is 1. The number of benzene rings is 1. The summed E-state index contributed by atoms with van der Waals surface area (Å²) in [4.78, 5) is 14.6. The molecule has 1 atom stereocenters. The molecule has 4 nitrogen and oxygen atoms in total. The number of carbonyl (C=O) groups is 1. The Hall–Kier alpha value is -1.60. The molecule has 0 N–H and O–H groups in total. The van der Waals surface area contributed by atoms with E-state index in [1.165, 1.54) is 24.1 Å². The van der Waals surface area contributed by atoms with E-state index in [1.807, 2.05) is 0 Å². The number of amides is 1. The van der Waals surface area contributed by atoms with Crippen molar-refractivity contribution in [1.82, 2.24) is 9.80 Å². The van der Waals surface area contributed by atoms with Crippen LogP contribution < -0.4 is 0 Å². The van der Waals surface area contributed by atoms with Gasteiger partial charge in [-0.05, 0) is 5.56 Å². The molecule has 22 heavy (non-hydrogen) atoms. The second kappa shape index (κ2) is 7.11. The summed E-state index contributed by atoms with van der Waals surface area (Å²) in [5.74, 6) is -0.189. The molecule has 1 fully saturated rings. The predicted octanol–water partition coefficient (Wildman–Crippen LogP) is 2.08. The van der Waals surface area contributed by atoms with E-state index < -0.39 is 12.2 Å². The molecule has 1 heterocycles. The van der Waals surface area contributed by atoms with Gasteiger partial charge in [-0.1, -0.05) is 30.3 Å². The van der Waals surface area contributed by atoms with Crippen LogP contribution in [0.2, 0.25) is 0 Å². The van der Waals surface area contributed by atoms with Gasteiger partial charge in [0.25, 0.3) is 0 Å². The van der Waals surface area contributed by atoms with Gasteiger partial charge in [0.1, 0.15) is 12.6 Å². The van der Waals surface area contributed by atoms with E-state index in [0.717, 1.165) is 0 Å². The fraction of sp³-hybridized carbons (Fsp3) is 0.533. The maximum absolute atomic E-state index is 13.4. The van der Waals surface area contributed by atoms with Crippen LogP contribution in [0, 0.1) is 0 Å². The Morgan fingerprint density at radius 3 is 2.27 bits per heavy atom. The summed E-state index contributed by atoms with van der Waals surface area (Å²) in [6.45, 7) is 0.896. The van der Waals surface area contributed by atoms with E-state index in [9.17, 15) is 18.0 Å². The van der Waals surface area contributed by atoms with Gasteiger partial charge in [-0.2, -0.15) is 13.2 Å². The van der Waals surface area contributed by atoms with Crippen molar-refractivity contribution in [3.63, 3.8) is 0 Å². The number of nitrogens with zero attached hydrogens (tertiary/aromatic N) is 2. The maximum Gasteiger partial charge on any atom is 0.408 e. The van der Waals surface area contributed by atoms with Crippen molar-refractivity contribution < 1.29 is 22.7 Å². The van der Waals surface area contributed by atoms with Crippen molar-refractivity contribution in [3.05, 3.63) is 35.9 Å². The van der Waals surface area contributed by atoms with Crippen molar-refractivity contribution in [3.8, 4) is 0 Å². The largest absolute Gasteiger partial charge is 0.408 e. The first-order chi connectivity index (χ1) is 10.4. The number of hydrogen-bond acceptors (Lipinski definition) is 3. The van der Waals surface area contributed by atoms with Crippen molar-refractivity contribution in [2.45, 2.75) is 12.2 Å². The highest BCUT2D eigenvalue weighted by molar-refractivity contribution is 5.77. The van der Waals surface area contributed by atoms with Crippen LogP contribution in [-0.2, 0) is 9.53 Å². The Bertz CT molecular complexity index is 485. The molecule has 0 unspecified atom stereocenters. The smallest absolute Gasteiger partial charge is 0.375 e. The summed E-state index contributed by atoms with van der Waals surface area (Å²) in [6.07, 6.45) is -4.35. The Kier molecular flexibility index (Phi) is 5.42. The second-order valence-electron chi connectivity index (χ2n) is 5.20. The molecule has 1 saturated heterocycles. The summed E-state index contributed by atoms with van der Waals surface area (Å²) in [5.41, 5.74) is 0.228. The minimum atomic E-state index is -4.35. The summed E-state index contributed by atoms with van der Waals surface area (Å²) in [7, 11) is 1.42. The van der Waals surface area contributed by atoms with E-state index in [2.05, 4.69) is 0 Å². The lowest BCUT2D eigenvalue weighted by Gasteiger charge is -2.40. The predicted molar refractivity (Wildman–Crippen MR) is 75.3 cm³/mol. The van der Waals surface area contributed by atoms with Crippen molar-refractivity contribution >= 4 is 5.91 Å². The summed E-state index contributed by atoms with van der Waals surface area (Å²) in [5, 5.41) is 0. The first-order valence-corrected chi connectivity index (χ1v) is 7.06. The molecule has 1 aromatic rings.